The number of hydrogen-bond donors (Lipinski definition) is 1. The number of aromatic amines is 1. The van der Waals surface area contributed by atoms with E-state index in [1.165, 1.54) is 0 Å². The Kier molecular flexibility index (Phi) is 7.12. The number of fused-ring (bicyclic) bond motifs is 1. The molecule has 4 aromatic rings. The Morgan fingerprint density at radius 3 is 2.52 bits per heavy atom. The molecule has 0 spiro atoms. The van der Waals surface area contributed by atoms with Crippen molar-refractivity contribution in [1.29, 1.82) is 0 Å². The normalized spacial score (nSPS) is 10.8. The molecule has 168 valence electrons. The SMILES string of the molecule is COCCN(Cc1nc2ccccc2c(=O)[nH]1)C(=O)COc1ccccc1-c1ccccc1. The minimum Gasteiger partial charge on any atom is -0.483 e. The van der Waals surface area contributed by atoms with Crippen molar-refractivity contribution in [2.24, 2.45) is 0 Å². The fourth-order valence-corrected chi connectivity index (χ4v) is 3.56. The number of H-pyrrole nitrogens is 1. The average molecular weight is 444 g/mol. The number of carbonyl (C=O) groups is 1. The number of amides is 1. The Balaban J connectivity index is 1.51. The van der Waals surface area contributed by atoms with Gasteiger partial charge in [0.25, 0.3) is 11.5 Å². The number of rotatable bonds is 9. The summed E-state index contributed by atoms with van der Waals surface area (Å²) in [6, 6.07) is 24.6. The molecule has 0 radical (unpaired) electrons. The molecule has 0 unspecified atom stereocenters. The van der Waals surface area contributed by atoms with Gasteiger partial charge >= 0.3 is 0 Å². The van der Waals surface area contributed by atoms with Gasteiger partial charge in [-0.2, -0.15) is 0 Å². The summed E-state index contributed by atoms with van der Waals surface area (Å²) in [5, 5.41) is 0.511. The molecule has 7 heteroatoms. The highest BCUT2D eigenvalue weighted by molar-refractivity contribution is 5.79. The summed E-state index contributed by atoms with van der Waals surface area (Å²) in [5.74, 6) is 0.805. The highest BCUT2D eigenvalue weighted by Crippen LogP contribution is 2.29. The van der Waals surface area contributed by atoms with Crippen LogP contribution in [-0.4, -0.2) is 47.6 Å². The maximum atomic E-state index is 13.0. The Morgan fingerprint density at radius 1 is 0.970 bits per heavy atom. The lowest BCUT2D eigenvalue weighted by atomic mass is 10.1. The third-order valence-corrected chi connectivity index (χ3v) is 5.24. The first-order valence-corrected chi connectivity index (χ1v) is 10.7. The number of benzene rings is 3. The van der Waals surface area contributed by atoms with Gasteiger partial charge in [0.05, 0.1) is 24.1 Å². The van der Waals surface area contributed by atoms with Gasteiger partial charge in [0.1, 0.15) is 11.6 Å². The monoisotopic (exact) mass is 443 g/mol. The maximum absolute atomic E-state index is 13.0. The molecule has 0 aliphatic carbocycles. The van der Waals surface area contributed by atoms with E-state index in [-0.39, 0.29) is 24.6 Å². The molecule has 1 aromatic heterocycles. The smallest absolute Gasteiger partial charge is 0.260 e. The second-order valence-electron chi connectivity index (χ2n) is 7.49. The minimum atomic E-state index is -0.234. The molecule has 0 fully saturated rings. The van der Waals surface area contributed by atoms with Crippen LogP contribution in [0.5, 0.6) is 5.75 Å². The van der Waals surface area contributed by atoms with Crippen molar-refractivity contribution < 1.29 is 14.3 Å². The quantitative estimate of drug-likeness (QED) is 0.427. The summed E-state index contributed by atoms with van der Waals surface area (Å²) in [7, 11) is 1.57. The lowest BCUT2D eigenvalue weighted by Crippen LogP contribution is -2.37. The van der Waals surface area contributed by atoms with Gasteiger partial charge in [0.15, 0.2) is 6.61 Å². The highest BCUT2D eigenvalue weighted by Gasteiger charge is 2.17. The second-order valence-corrected chi connectivity index (χ2v) is 7.49. The van der Waals surface area contributed by atoms with Crippen LogP contribution in [0.25, 0.3) is 22.0 Å². The molecule has 0 aliphatic heterocycles. The van der Waals surface area contributed by atoms with Crippen LogP contribution >= 0.6 is 0 Å². The predicted octanol–water partition coefficient (Wildman–Crippen LogP) is 3.64. The highest BCUT2D eigenvalue weighted by atomic mass is 16.5. The molecule has 4 rings (SSSR count). The van der Waals surface area contributed by atoms with E-state index < -0.39 is 0 Å². The number of nitrogens with one attached hydrogen (secondary N) is 1. The Hall–Kier alpha value is -3.97. The van der Waals surface area contributed by atoms with Gasteiger partial charge in [-0.1, -0.05) is 60.7 Å². The third-order valence-electron chi connectivity index (χ3n) is 5.24. The van der Waals surface area contributed by atoms with Crippen LogP contribution < -0.4 is 10.3 Å². The van der Waals surface area contributed by atoms with E-state index in [4.69, 9.17) is 9.47 Å². The summed E-state index contributed by atoms with van der Waals surface area (Å²) in [6.45, 7) is 0.692. The van der Waals surface area contributed by atoms with Crippen molar-refractivity contribution in [1.82, 2.24) is 14.9 Å². The minimum absolute atomic E-state index is 0.145. The summed E-state index contributed by atoms with van der Waals surface area (Å²) in [6.07, 6.45) is 0. The van der Waals surface area contributed by atoms with Crippen molar-refractivity contribution in [3.8, 4) is 16.9 Å². The molecule has 1 amide bonds. The van der Waals surface area contributed by atoms with E-state index in [2.05, 4.69) is 9.97 Å². The lowest BCUT2D eigenvalue weighted by Gasteiger charge is -2.22. The van der Waals surface area contributed by atoms with Crippen molar-refractivity contribution in [3.63, 3.8) is 0 Å². The van der Waals surface area contributed by atoms with E-state index in [1.807, 2.05) is 60.7 Å². The number of para-hydroxylation sites is 2. The molecule has 0 saturated heterocycles. The van der Waals surface area contributed by atoms with Gasteiger partial charge < -0.3 is 19.4 Å². The van der Waals surface area contributed by atoms with Crippen LogP contribution in [0.15, 0.2) is 83.7 Å². The van der Waals surface area contributed by atoms with E-state index in [0.29, 0.717) is 35.6 Å². The molecular weight excluding hydrogens is 418 g/mol. The van der Waals surface area contributed by atoms with Crippen LogP contribution in [0.2, 0.25) is 0 Å². The van der Waals surface area contributed by atoms with Crippen LogP contribution in [0.4, 0.5) is 0 Å². The zero-order valence-corrected chi connectivity index (χ0v) is 18.4. The first-order valence-electron chi connectivity index (χ1n) is 10.7. The summed E-state index contributed by atoms with van der Waals surface area (Å²) < 4.78 is 11.1. The van der Waals surface area contributed by atoms with Gasteiger partial charge in [-0.3, -0.25) is 9.59 Å². The molecule has 3 aromatic carbocycles. The average Bonchev–Trinajstić information content (AvgIpc) is 2.86. The first kappa shape index (κ1) is 22.2. The number of carbonyl (C=O) groups excluding carboxylic acids is 1. The van der Waals surface area contributed by atoms with Crippen LogP contribution in [-0.2, 0) is 16.1 Å². The topological polar surface area (TPSA) is 84.5 Å². The standard InChI is InChI=1S/C26H25N3O4/c1-32-16-15-29(17-24-27-22-13-7-5-12-21(22)26(31)28-24)25(30)18-33-23-14-8-6-11-20(23)19-9-3-2-4-10-19/h2-14H,15-18H2,1H3,(H,27,28,31). The van der Waals surface area contributed by atoms with Crippen molar-refractivity contribution in [2.75, 3.05) is 26.9 Å². The van der Waals surface area contributed by atoms with Crippen molar-refractivity contribution in [3.05, 3.63) is 95.0 Å². The third kappa shape index (κ3) is 5.45. The summed E-state index contributed by atoms with van der Waals surface area (Å²) in [5.41, 5.74) is 2.27. The van der Waals surface area contributed by atoms with E-state index >= 15 is 0 Å². The Bertz CT molecular complexity index is 1290. The summed E-state index contributed by atoms with van der Waals surface area (Å²) in [4.78, 5) is 34.3. The zero-order chi connectivity index (χ0) is 23.0. The van der Waals surface area contributed by atoms with Crippen LogP contribution in [0.1, 0.15) is 5.82 Å². The van der Waals surface area contributed by atoms with E-state index in [0.717, 1.165) is 11.1 Å². The van der Waals surface area contributed by atoms with Gasteiger partial charge in [-0.05, 0) is 23.8 Å². The Morgan fingerprint density at radius 2 is 1.70 bits per heavy atom. The number of hydrogen-bond acceptors (Lipinski definition) is 5. The number of aromatic nitrogens is 2. The fourth-order valence-electron chi connectivity index (χ4n) is 3.56. The van der Waals surface area contributed by atoms with E-state index in [9.17, 15) is 9.59 Å². The molecular formula is C26H25N3O4. The molecule has 0 atom stereocenters. The lowest BCUT2D eigenvalue weighted by molar-refractivity contribution is -0.134. The molecule has 1 heterocycles. The van der Waals surface area contributed by atoms with E-state index in [1.54, 1.807) is 30.2 Å². The maximum Gasteiger partial charge on any atom is 0.260 e. The zero-order valence-electron chi connectivity index (χ0n) is 18.4. The molecule has 0 aliphatic rings. The number of methoxy groups -OCH3 is 1. The summed E-state index contributed by atoms with van der Waals surface area (Å²) >= 11 is 0. The van der Waals surface area contributed by atoms with Crippen molar-refractivity contribution >= 4 is 16.8 Å². The Labute approximate surface area is 191 Å². The van der Waals surface area contributed by atoms with Crippen LogP contribution in [0, 0.1) is 0 Å². The molecule has 0 saturated carbocycles. The van der Waals surface area contributed by atoms with Crippen molar-refractivity contribution in [2.45, 2.75) is 6.54 Å². The van der Waals surface area contributed by atoms with Crippen LogP contribution in [0.3, 0.4) is 0 Å². The molecule has 0 bridgehead atoms. The largest absolute Gasteiger partial charge is 0.483 e. The first-order chi connectivity index (χ1) is 16.2. The van der Waals surface area contributed by atoms with Gasteiger partial charge in [-0.25, -0.2) is 4.98 Å². The molecule has 33 heavy (non-hydrogen) atoms. The van der Waals surface area contributed by atoms with Gasteiger partial charge in [-0.15, -0.1) is 0 Å². The fraction of sp³-hybridized carbons (Fsp3) is 0.192. The molecule has 1 N–H and O–H groups in total. The number of ether oxygens (including phenoxy) is 2. The number of nitrogens with zero attached hydrogens (tertiary/aromatic N) is 2. The second kappa shape index (κ2) is 10.6. The molecule has 7 nitrogen and oxygen atoms in total. The predicted molar refractivity (Wildman–Crippen MR) is 127 cm³/mol. The van der Waals surface area contributed by atoms with Gasteiger partial charge in [0.2, 0.25) is 0 Å². The van der Waals surface area contributed by atoms with Gasteiger partial charge in [0, 0.05) is 19.2 Å².